The third-order valence-electron chi connectivity index (χ3n) is 4.44. The van der Waals surface area contributed by atoms with Gasteiger partial charge in [0, 0.05) is 16.9 Å². The highest BCUT2D eigenvalue weighted by atomic mass is 35.5. The molecule has 0 bridgehead atoms. The quantitative estimate of drug-likeness (QED) is 0.775. The Morgan fingerprint density at radius 3 is 2.17 bits per heavy atom. The number of aldehydes is 1. The van der Waals surface area contributed by atoms with Crippen LogP contribution in [0.15, 0.2) is 53.4 Å². The van der Waals surface area contributed by atoms with Crippen molar-refractivity contribution in [1.29, 1.82) is 0 Å². The Bertz CT molecular complexity index is 810. The van der Waals surface area contributed by atoms with Crippen LogP contribution in [0.3, 0.4) is 0 Å². The molecule has 1 fully saturated rings. The molecule has 0 aliphatic heterocycles. The Morgan fingerprint density at radius 1 is 1.04 bits per heavy atom. The Morgan fingerprint density at radius 2 is 1.65 bits per heavy atom. The molecule has 0 N–H and O–H groups in total. The van der Waals surface area contributed by atoms with Crippen molar-refractivity contribution in [2.75, 3.05) is 0 Å². The summed E-state index contributed by atoms with van der Waals surface area (Å²) in [5.41, 5.74) is 2.09. The Kier molecular flexibility index (Phi) is 4.30. The molecule has 0 aromatic heterocycles. The first kappa shape index (κ1) is 16.2. The van der Waals surface area contributed by atoms with E-state index in [1.54, 1.807) is 12.1 Å². The Hall–Kier alpha value is -1.65. The number of rotatable bonds is 5. The van der Waals surface area contributed by atoms with E-state index in [2.05, 4.69) is 6.92 Å². The van der Waals surface area contributed by atoms with Crippen molar-refractivity contribution in [2.45, 2.75) is 29.4 Å². The Labute approximate surface area is 141 Å². The summed E-state index contributed by atoms with van der Waals surface area (Å²) in [6.07, 6.45) is 1.69. The van der Waals surface area contributed by atoms with E-state index < -0.39 is 21.0 Å². The minimum absolute atomic E-state index is 0.214. The first-order chi connectivity index (χ1) is 11.0. The molecule has 3 rings (SSSR count). The zero-order valence-corrected chi connectivity index (χ0v) is 14.2. The van der Waals surface area contributed by atoms with Gasteiger partial charge in [0.1, 0.15) is 6.29 Å². The molecule has 0 amide bonds. The standard InChI is InChI=1S/C18H17ClO3S/c1-2-12-3-5-13(6-4-12)17-16(11-20)18(17)23(21,22)15-9-7-14(19)8-10-15/h3-11,16-18H,2H2,1H3/t16-,17+,18+/m0/s1. The second-order valence-corrected chi connectivity index (χ2v) is 8.34. The predicted octanol–water partition coefficient (Wildman–Crippen LogP) is 3.66. The lowest BCUT2D eigenvalue weighted by molar-refractivity contribution is -0.108. The Balaban J connectivity index is 1.92. The summed E-state index contributed by atoms with van der Waals surface area (Å²) in [6, 6.07) is 13.9. The summed E-state index contributed by atoms with van der Waals surface area (Å²) >= 11 is 5.82. The number of aryl methyl sites for hydroxylation is 1. The van der Waals surface area contributed by atoms with Crippen LogP contribution < -0.4 is 0 Å². The fraction of sp³-hybridized carbons (Fsp3) is 0.278. The van der Waals surface area contributed by atoms with Crippen LogP contribution in [0.25, 0.3) is 0 Å². The third-order valence-corrected chi connectivity index (χ3v) is 6.94. The highest BCUT2D eigenvalue weighted by molar-refractivity contribution is 7.92. The molecule has 120 valence electrons. The van der Waals surface area contributed by atoms with Crippen molar-refractivity contribution >= 4 is 27.7 Å². The maximum absolute atomic E-state index is 12.8. The molecular weight excluding hydrogens is 332 g/mol. The van der Waals surface area contributed by atoms with Crippen LogP contribution >= 0.6 is 11.6 Å². The van der Waals surface area contributed by atoms with Gasteiger partial charge in [0.15, 0.2) is 9.84 Å². The molecule has 2 aromatic rings. The monoisotopic (exact) mass is 348 g/mol. The summed E-state index contributed by atoms with van der Waals surface area (Å²) in [7, 11) is -3.55. The van der Waals surface area contributed by atoms with Gasteiger partial charge in [-0.1, -0.05) is 42.8 Å². The maximum Gasteiger partial charge on any atom is 0.182 e. The van der Waals surface area contributed by atoms with Gasteiger partial charge in [-0.3, -0.25) is 0 Å². The van der Waals surface area contributed by atoms with Crippen LogP contribution in [0, 0.1) is 5.92 Å². The van der Waals surface area contributed by atoms with Gasteiger partial charge < -0.3 is 4.79 Å². The molecule has 23 heavy (non-hydrogen) atoms. The van der Waals surface area contributed by atoms with Gasteiger partial charge in [-0.25, -0.2) is 8.42 Å². The van der Waals surface area contributed by atoms with Crippen LogP contribution in [0.1, 0.15) is 24.0 Å². The molecule has 0 saturated heterocycles. The second kappa shape index (κ2) is 6.10. The van der Waals surface area contributed by atoms with Crippen molar-refractivity contribution in [3.8, 4) is 0 Å². The van der Waals surface area contributed by atoms with Crippen molar-refractivity contribution in [2.24, 2.45) is 5.92 Å². The summed E-state index contributed by atoms with van der Waals surface area (Å²) in [5, 5.41) is -0.202. The van der Waals surface area contributed by atoms with Gasteiger partial charge in [-0.2, -0.15) is 0 Å². The van der Waals surface area contributed by atoms with Gasteiger partial charge in [0.05, 0.1) is 10.1 Å². The van der Waals surface area contributed by atoms with E-state index in [1.165, 1.54) is 17.7 Å². The van der Waals surface area contributed by atoms with E-state index in [4.69, 9.17) is 11.6 Å². The van der Waals surface area contributed by atoms with E-state index in [9.17, 15) is 13.2 Å². The fourth-order valence-electron chi connectivity index (χ4n) is 3.04. The zero-order valence-electron chi connectivity index (χ0n) is 12.6. The average molecular weight is 349 g/mol. The highest BCUT2D eigenvalue weighted by Crippen LogP contribution is 2.52. The normalized spacial score (nSPS) is 23.5. The summed E-state index contributed by atoms with van der Waals surface area (Å²) in [6.45, 7) is 2.06. The van der Waals surface area contributed by atoms with Gasteiger partial charge in [-0.15, -0.1) is 0 Å². The maximum atomic E-state index is 12.8. The number of hydrogen-bond acceptors (Lipinski definition) is 3. The summed E-state index contributed by atoms with van der Waals surface area (Å²) < 4.78 is 25.6. The first-order valence-corrected chi connectivity index (χ1v) is 9.45. The molecule has 0 heterocycles. The SMILES string of the molecule is CCc1ccc([C@@H]2[C@H](C=O)[C@H]2S(=O)(=O)c2ccc(Cl)cc2)cc1. The zero-order chi connectivity index (χ0) is 16.6. The lowest BCUT2D eigenvalue weighted by Crippen LogP contribution is -2.11. The lowest BCUT2D eigenvalue weighted by Gasteiger charge is -2.05. The van der Waals surface area contributed by atoms with Crippen LogP contribution in [0.2, 0.25) is 5.02 Å². The summed E-state index contributed by atoms with van der Waals surface area (Å²) in [5.74, 6) is -0.748. The molecule has 3 nitrogen and oxygen atoms in total. The number of halogens is 1. The second-order valence-electron chi connectivity index (χ2n) is 5.80. The molecule has 1 saturated carbocycles. The average Bonchev–Trinajstić information content (AvgIpc) is 3.31. The van der Waals surface area contributed by atoms with Gasteiger partial charge in [0.2, 0.25) is 0 Å². The minimum atomic E-state index is -3.55. The van der Waals surface area contributed by atoms with E-state index in [-0.39, 0.29) is 10.8 Å². The highest BCUT2D eigenvalue weighted by Gasteiger charge is 2.58. The minimum Gasteiger partial charge on any atom is -0.303 e. The first-order valence-electron chi connectivity index (χ1n) is 7.52. The molecule has 1 aliphatic carbocycles. The number of hydrogen-bond donors (Lipinski definition) is 0. The lowest BCUT2D eigenvalue weighted by atomic mass is 10.1. The molecule has 5 heteroatoms. The molecule has 0 spiro atoms. The van der Waals surface area contributed by atoms with E-state index in [1.807, 2.05) is 24.3 Å². The van der Waals surface area contributed by atoms with E-state index in [0.717, 1.165) is 18.3 Å². The van der Waals surface area contributed by atoms with Crippen molar-refractivity contribution in [1.82, 2.24) is 0 Å². The molecular formula is C18H17ClO3S. The molecule has 0 unspecified atom stereocenters. The predicted molar refractivity (Wildman–Crippen MR) is 90.5 cm³/mol. The molecule has 1 aliphatic rings. The van der Waals surface area contributed by atoms with Gasteiger partial charge in [-0.05, 0) is 41.8 Å². The largest absolute Gasteiger partial charge is 0.303 e. The van der Waals surface area contributed by atoms with E-state index in [0.29, 0.717) is 5.02 Å². The number of sulfone groups is 1. The van der Waals surface area contributed by atoms with Crippen molar-refractivity contribution < 1.29 is 13.2 Å². The van der Waals surface area contributed by atoms with Crippen LogP contribution in [0.5, 0.6) is 0 Å². The fourth-order valence-corrected chi connectivity index (χ4v) is 5.27. The van der Waals surface area contributed by atoms with Crippen LogP contribution in [-0.4, -0.2) is 20.0 Å². The van der Waals surface area contributed by atoms with Gasteiger partial charge >= 0.3 is 0 Å². The molecule has 2 aromatic carbocycles. The van der Waals surface area contributed by atoms with Crippen LogP contribution in [0.4, 0.5) is 0 Å². The molecule has 0 radical (unpaired) electrons. The van der Waals surface area contributed by atoms with Crippen LogP contribution in [-0.2, 0) is 21.1 Å². The van der Waals surface area contributed by atoms with Crippen molar-refractivity contribution in [3.63, 3.8) is 0 Å². The number of benzene rings is 2. The van der Waals surface area contributed by atoms with Gasteiger partial charge in [0.25, 0.3) is 0 Å². The number of carbonyl (C=O) groups excluding carboxylic acids is 1. The van der Waals surface area contributed by atoms with Crippen molar-refractivity contribution in [3.05, 3.63) is 64.7 Å². The topological polar surface area (TPSA) is 51.2 Å². The number of carbonyl (C=O) groups is 1. The third kappa shape index (κ3) is 2.93. The smallest absolute Gasteiger partial charge is 0.182 e. The summed E-state index contributed by atoms with van der Waals surface area (Å²) in [4.78, 5) is 11.5. The molecule has 3 atom stereocenters. The van der Waals surface area contributed by atoms with E-state index >= 15 is 0 Å².